The molecular formula is C21H18N2O. The molecule has 3 nitrogen and oxygen atoms in total. The lowest BCUT2D eigenvalue weighted by Crippen LogP contribution is -2.35. The summed E-state index contributed by atoms with van der Waals surface area (Å²) in [4.78, 5) is 11.7. The lowest BCUT2D eigenvalue weighted by molar-refractivity contribution is -0.113. The molecule has 1 aliphatic rings. The van der Waals surface area contributed by atoms with Gasteiger partial charge in [0.2, 0.25) is 0 Å². The summed E-state index contributed by atoms with van der Waals surface area (Å²) in [5, 5.41) is 20.0. The zero-order chi connectivity index (χ0) is 17.2. The molecule has 0 aliphatic heterocycles. The van der Waals surface area contributed by atoms with Crippen LogP contribution < -0.4 is 0 Å². The first-order valence-corrected chi connectivity index (χ1v) is 8.19. The van der Waals surface area contributed by atoms with E-state index in [9.17, 15) is 15.3 Å². The normalized spacial score (nSPS) is 14.1. The second-order valence-corrected chi connectivity index (χ2v) is 6.23. The van der Waals surface area contributed by atoms with Crippen LogP contribution >= 0.6 is 0 Å². The zero-order valence-corrected chi connectivity index (χ0v) is 13.6. The predicted octanol–water partition coefficient (Wildman–Crippen LogP) is 4.45. The molecule has 1 aliphatic carbocycles. The summed E-state index contributed by atoms with van der Waals surface area (Å²) in [5.41, 5.74) is 2.64. The number of fused-ring (bicyclic) bond motifs is 3. The fourth-order valence-corrected chi connectivity index (χ4v) is 3.89. The smallest absolute Gasteiger partial charge is 0.164 e. The highest BCUT2D eigenvalue weighted by Gasteiger charge is 2.51. The average molecular weight is 314 g/mol. The highest BCUT2D eigenvalue weighted by Crippen LogP contribution is 2.55. The summed E-state index contributed by atoms with van der Waals surface area (Å²) in [5.74, 6) is -1.01. The zero-order valence-electron chi connectivity index (χ0n) is 13.6. The van der Waals surface area contributed by atoms with Crippen LogP contribution in [-0.2, 0) is 4.79 Å². The largest absolute Gasteiger partial charge is 0.303 e. The molecule has 2 aromatic carbocycles. The third-order valence-electron chi connectivity index (χ3n) is 5.01. The summed E-state index contributed by atoms with van der Waals surface area (Å²) < 4.78 is 0. The third kappa shape index (κ3) is 2.14. The quantitative estimate of drug-likeness (QED) is 0.766. The Morgan fingerprint density at radius 1 is 1.04 bits per heavy atom. The number of carbonyl (C=O) groups excluding carboxylic acids is 1. The number of aldehydes is 1. The van der Waals surface area contributed by atoms with Crippen molar-refractivity contribution in [3.05, 3.63) is 59.7 Å². The summed E-state index contributed by atoms with van der Waals surface area (Å²) >= 11 is 0. The second kappa shape index (κ2) is 6.30. The van der Waals surface area contributed by atoms with Gasteiger partial charge >= 0.3 is 0 Å². The SMILES string of the molecule is CCCC(C=O)C(C#N)(C#N)C1c2ccccc2-c2ccccc21. The van der Waals surface area contributed by atoms with E-state index < -0.39 is 17.3 Å². The van der Waals surface area contributed by atoms with Gasteiger partial charge in [0.1, 0.15) is 6.29 Å². The Morgan fingerprint density at radius 3 is 1.96 bits per heavy atom. The molecule has 0 radical (unpaired) electrons. The molecule has 0 bridgehead atoms. The number of hydrogen-bond donors (Lipinski definition) is 0. The Hall–Kier alpha value is -2.91. The Bertz CT molecular complexity index is 797. The number of nitrogens with zero attached hydrogens (tertiary/aromatic N) is 2. The minimum Gasteiger partial charge on any atom is -0.303 e. The molecule has 1 unspecified atom stereocenters. The molecule has 0 heterocycles. The van der Waals surface area contributed by atoms with Gasteiger partial charge in [0.15, 0.2) is 5.41 Å². The second-order valence-electron chi connectivity index (χ2n) is 6.23. The maximum atomic E-state index is 11.7. The Morgan fingerprint density at radius 2 is 1.54 bits per heavy atom. The van der Waals surface area contributed by atoms with E-state index in [1.165, 1.54) is 0 Å². The Kier molecular flexibility index (Phi) is 4.19. The molecule has 0 aromatic heterocycles. The molecule has 0 amide bonds. The van der Waals surface area contributed by atoms with Crippen LogP contribution in [0.3, 0.4) is 0 Å². The average Bonchev–Trinajstić information content (AvgIpc) is 2.98. The first-order valence-electron chi connectivity index (χ1n) is 8.19. The maximum absolute atomic E-state index is 11.7. The van der Waals surface area contributed by atoms with Gasteiger partial charge in [-0.3, -0.25) is 0 Å². The Balaban J connectivity index is 2.28. The van der Waals surface area contributed by atoms with Crippen LogP contribution in [-0.4, -0.2) is 6.29 Å². The maximum Gasteiger partial charge on any atom is 0.164 e. The van der Waals surface area contributed by atoms with Crippen molar-refractivity contribution in [1.29, 1.82) is 10.5 Å². The minimum atomic E-state index is -1.39. The molecule has 3 heteroatoms. The van der Waals surface area contributed by atoms with Crippen LogP contribution in [0.15, 0.2) is 48.5 Å². The summed E-state index contributed by atoms with van der Waals surface area (Å²) in [7, 11) is 0. The molecule has 0 saturated carbocycles. The first-order chi connectivity index (χ1) is 11.7. The van der Waals surface area contributed by atoms with E-state index in [2.05, 4.69) is 12.1 Å². The van der Waals surface area contributed by atoms with Crippen molar-refractivity contribution in [2.45, 2.75) is 25.7 Å². The topological polar surface area (TPSA) is 64.7 Å². The van der Waals surface area contributed by atoms with E-state index in [0.717, 1.165) is 35.0 Å². The van der Waals surface area contributed by atoms with E-state index in [0.29, 0.717) is 6.42 Å². The number of nitriles is 2. The number of carbonyl (C=O) groups is 1. The van der Waals surface area contributed by atoms with Crippen molar-refractivity contribution in [3.8, 4) is 23.3 Å². The van der Waals surface area contributed by atoms with Crippen LogP contribution in [0.2, 0.25) is 0 Å². The molecule has 0 saturated heterocycles. The van der Waals surface area contributed by atoms with E-state index in [4.69, 9.17) is 0 Å². The number of rotatable bonds is 5. The fourth-order valence-electron chi connectivity index (χ4n) is 3.89. The van der Waals surface area contributed by atoms with Gasteiger partial charge in [-0.2, -0.15) is 10.5 Å². The van der Waals surface area contributed by atoms with E-state index in [1.54, 1.807) is 0 Å². The van der Waals surface area contributed by atoms with E-state index in [1.807, 2.05) is 55.5 Å². The first kappa shape index (κ1) is 16.0. The van der Waals surface area contributed by atoms with Crippen LogP contribution in [0.5, 0.6) is 0 Å². The summed E-state index contributed by atoms with van der Waals surface area (Å²) in [6, 6.07) is 20.2. The van der Waals surface area contributed by atoms with Gasteiger partial charge in [-0.15, -0.1) is 0 Å². The lowest BCUT2D eigenvalue weighted by Gasteiger charge is -2.32. The van der Waals surface area contributed by atoms with Gasteiger partial charge in [0.05, 0.1) is 12.1 Å². The predicted molar refractivity (Wildman–Crippen MR) is 91.8 cm³/mol. The molecule has 2 aromatic rings. The molecule has 118 valence electrons. The molecule has 3 rings (SSSR count). The Labute approximate surface area is 142 Å². The van der Waals surface area contributed by atoms with Gasteiger partial charge in [0, 0.05) is 11.8 Å². The van der Waals surface area contributed by atoms with Crippen molar-refractivity contribution in [3.63, 3.8) is 0 Å². The molecule has 0 fully saturated rings. The van der Waals surface area contributed by atoms with Gasteiger partial charge in [-0.25, -0.2) is 0 Å². The van der Waals surface area contributed by atoms with Gasteiger partial charge in [-0.05, 0) is 28.7 Å². The van der Waals surface area contributed by atoms with Gasteiger partial charge < -0.3 is 4.79 Å². The third-order valence-corrected chi connectivity index (χ3v) is 5.01. The standard InChI is InChI=1S/C21H18N2O/c1-2-7-15(12-24)21(13-22,14-23)20-18-10-5-3-8-16(18)17-9-4-6-11-19(17)20/h3-6,8-12,15,20H,2,7H2,1H3. The summed E-state index contributed by atoms with van der Waals surface area (Å²) in [6.07, 6.45) is 2.08. The lowest BCUT2D eigenvalue weighted by atomic mass is 9.64. The monoisotopic (exact) mass is 314 g/mol. The fraction of sp³-hybridized carbons (Fsp3) is 0.286. The van der Waals surface area contributed by atoms with E-state index in [-0.39, 0.29) is 0 Å². The number of benzene rings is 2. The van der Waals surface area contributed by atoms with Crippen LogP contribution in [0.1, 0.15) is 36.8 Å². The van der Waals surface area contributed by atoms with E-state index >= 15 is 0 Å². The highest BCUT2D eigenvalue weighted by atomic mass is 16.1. The minimum absolute atomic E-state index is 0.401. The van der Waals surface area contributed by atoms with Crippen molar-refractivity contribution in [2.75, 3.05) is 0 Å². The summed E-state index contributed by atoms with van der Waals surface area (Å²) in [6.45, 7) is 1.96. The van der Waals surface area contributed by atoms with Crippen molar-refractivity contribution in [2.24, 2.45) is 11.3 Å². The van der Waals surface area contributed by atoms with Crippen molar-refractivity contribution >= 4 is 6.29 Å². The molecule has 0 spiro atoms. The van der Waals surface area contributed by atoms with Crippen LogP contribution in [0.25, 0.3) is 11.1 Å². The molecule has 24 heavy (non-hydrogen) atoms. The van der Waals surface area contributed by atoms with Crippen molar-refractivity contribution in [1.82, 2.24) is 0 Å². The molecule has 0 N–H and O–H groups in total. The van der Waals surface area contributed by atoms with Crippen molar-refractivity contribution < 1.29 is 4.79 Å². The highest BCUT2D eigenvalue weighted by molar-refractivity contribution is 5.80. The van der Waals surface area contributed by atoms with Gasteiger partial charge in [0.25, 0.3) is 0 Å². The van der Waals surface area contributed by atoms with Gasteiger partial charge in [-0.1, -0.05) is 61.9 Å². The molecule has 1 atom stereocenters. The molecular weight excluding hydrogens is 296 g/mol. The van der Waals surface area contributed by atoms with Crippen LogP contribution in [0.4, 0.5) is 0 Å². The number of hydrogen-bond acceptors (Lipinski definition) is 3. The van der Waals surface area contributed by atoms with Crippen LogP contribution in [0, 0.1) is 34.0 Å².